The summed E-state index contributed by atoms with van der Waals surface area (Å²) in [6.45, 7) is 3.93. The predicted octanol–water partition coefficient (Wildman–Crippen LogP) is 2.64. The van der Waals surface area contributed by atoms with Crippen LogP contribution in [0, 0.1) is 0 Å². The van der Waals surface area contributed by atoms with Gasteiger partial charge in [0.05, 0.1) is 17.4 Å². The van der Waals surface area contributed by atoms with Crippen LogP contribution in [0.25, 0.3) is 17.1 Å². The fourth-order valence-corrected chi connectivity index (χ4v) is 2.20. The second-order valence-electron chi connectivity index (χ2n) is 5.51. The third kappa shape index (κ3) is 3.01. The van der Waals surface area contributed by atoms with Crippen LogP contribution in [0.15, 0.2) is 47.2 Å². The first kappa shape index (κ1) is 15.8. The lowest BCUT2D eigenvalue weighted by Gasteiger charge is -2.08. The van der Waals surface area contributed by atoms with Crippen LogP contribution in [0.2, 0.25) is 0 Å². The van der Waals surface area contributed by atoms with Crippen molar-refractivity contribution in [2.75, 3.05) is 5.73 Å². The molecule has 0 spiro atoms. The zero-order valence-electron chi connectivity index (χ0n) is 13.6. The molecule has 7 heteroatoms. The monoisotopic (exact) mass is 325 g/mol. The third-order valence-electron chi connectivity index (χ3n) is 3.76. The molecule has 0 aliphatic carbocycles. The van der Waals surface area contributed by atoms with Crippen LogP contribution in [0.4, 0.5) is 5.82 Å². The normalized spacial score (nSPS) is 12.1. The Morgan fingerprint density at radius 3 is 2.83 bits per heavy atom. The first-order chi connectivity index (χ1) is 11.6. The summed E-state index contributed by atoms with van der Waals surface area (Å²) in [6, 6.07) is 9.59. The number of anilines is 1. The van der Waals surface area contributed by atoms with Crippen LogP contribution in [-0.4, -0.2) is 26.7 Å². The predicted molar refractivity (Wildman–Crippen MR) is 90.7 cm³/mol. The molecular weight excluding hydrogens is 306 g/mol. The van der Waals surface area contributed by atoms with E-state index in [1.54, 1.807) is 10.9 Å². The minimum absolute atomic E-state index is 0.0727. The standard InChI is InChI=1S/C17H19N5O2/c1-3-11(2)20-16(23)14-10-24-17(21-14)13-9-19-22(15(13)18)12-7-5-4-6-8-12/h4-11H,3,18H2,1-2H3,(H,20,23). The Balaban J connectivity index is 1.86. The van der Waals surface area contributed by atoms with E-state index in [0.29, 0.717) is 11.4 Å². The molecule has 3 rings (SSSR count). The number of benzene rings is 1. The molecule has 7 nitrogen and oxygen atoms in total. The topological polar surface area (TPSA) is 99.0 Å². The van der Waals surface area contributed by atoms with Gasteiger partial charge in [0.15, 0.2) is 5.69 Å². The largest absolute Gasteiger partial charge is 0.443 e. The lowest BCUT2D eigenvalue weighted by Crippen LogP contribution is -2.32. The van der Waals surface area contributed by atoms with Gasteiger partial charge in [-0.05, 0) is 25.5 Å². The van der Waals surface area contributed by atoms with Crippen molar-refractivity contribution in [1.29, 1.82) is 0 Å². The van der Waals surface area contributed by atoms with Crippen molar-refractivity contribution in [1.82, 2.24) is 20.1 Å². The summed E-state index contributed by atoms with van der Waals surface area (Å²) in [5.41, 5.74) is 7.75. The first-order valence-electron chi connectivity index (χ1n) is 7.75. The van der Waals surface area contributed by atoms with Crippen molar-refractivity contribution < 1.29 is 9.21 Å². The van der Waals surface area contributed by atoms with Crippen molar-refractivity contribution in [3.05, 3.63) is 48.5 Å². The van der Waals surface area contributed by atoms with Gasteiger partial charge in [-0.25, -0.2) is 9.67 Å². The van der Waals surface area contributed by atoms with E-state index in [2.05, 4.69) is 15.4 Å². The molecule has 1 amide bonds. The van der Waals surface area contributed by atoms with Crippen LogP contribution in [0.1, 0.15) is 30.8 Å². The van der Waals surface area contributed by atoms with E-state index in [4.69, 9.17) is 10.2 Å². The molecule has 0 saturated carbocycles. The number of rotatable bonds is 5. The molecule has 0 aliphatic rings. The van der Waals surface area contributed by atoms with Gasteiger partial charge in [0.1, 0.15) is 12.1 Å². The van der Waals surface area contributed by atoms with E-state index >= 15 is 0 Å². The number of hydrogen-bond acceptors (Lipinski definition) is 5. The average molecular weight is 325 g/mol. The molecule has 0 fully saturated rings. The van der Waals surface area contributed by atoms with Gasteiger partial charge in [-0.15, -0.1) is 0 Å². The minimum Gasteiger partial charge on any atom is -0.443 e. The number of nitrogens with two attached hydrogens (primary N) is 1. The van der Waals surface area contributed by atoms with Gasteiger partial charge in [0.25, 0.3) is 5.91 Å². The Kier molecular flexibility index (Phi) is 4.33. The molecule has 1 unspecified atom stereocenters. The lowest BCUT2D eigenvalue weighted by molar-refractivity contribution is 0.0934. The van der Waals surface area contributed by atoms with Crippen LogP contribution in [-0.2, 0) is 0 Å². The zero-order chi connectivity index (χ0) is 17.1. The number of hydrogen-bond donors (Lipinski definition) is 2. The fraction of sp³-hybridized carbons (Fsp3) is 0.235. The van der Waals surface area contributed by atoms with Gasteiger partial charge in [0.2, 0.25) is 5.89 Å². The van der Waals surface area contributed by atoms with E-state index < -0.39 is 0 Å². The molecule has 0 aliphatic heterocycles. The number of carbonyl (C=O) groups is 1. The summed E-state index contributed by atoms with van der Waals surface area (Å²) in [4.78, 5) is 16.3. The van der Waals surface area contributed by atoms with Gasteiger partial charge in [-0.1, -0.05) is 25.1 Å². The summed E-state index contributed by atoms with van der Waals surface area (Å²) in [5, 5.41) is 7.11. The van der Waals surface area contributed by atoms with Gasteiger partial charge >= 0.3 is 0 Å². The number of nitrogen functional groups attached to an aromatic ring is 1. The number of nitrogens with one attached hydrogen (secondary N) is 1. The van der Waals surface area contributed by atoms with Gasteiger partial charge < -0.3 is 15.5 Å². The van der Waals surface area contributed by atoms with Gasteiger partial charge in [0, 0.05) is 6.04 Å². The average Bonchev–Trinajstić information content (AvgIpc) is 3.22. The quantitative estimate of drug-likeness (QED) is 0.751. The van der Waals surface area contributed by atoms with Crippen LogP contribution < -0.4 is 11.1 Å². The summed E-state index contributed by atoms with van der Waals surface area (Å²) in [5.74, 6) is 0.397. The molecule has 0 bridgehead atoms. The molecule has 1 aromatic carbocycles. The summed E-state index contributed by atoms with van der Waals surface area (Å²) < 4.78 is 7.01. The zero-order valence-corrected chi connectivity index (χ0v) is 13.6. The second kappa shape index (κ2) is 6.57. The Labute approximate surface area is 139 Å². The number of para-hydroxylation sites is 1. The van der Waals surface area contributed by atoms with Crippen LogP contribution in [0.5, 0.6) is 0 Å². The van der Waals surface area contributed by atoms with E-state index in [1.165, 1.54) is 6.26 Å². The van der Waals surface area contributed by atoms with Crippen molar-refractivity contribution in [3.63, 3.8) is 0 Å². The van der Waals surface area contributed by atoms with Crippen molar-refractivity contribution in [2.45, 2.75) is 26.3 Å². The first-order valence-corrected chi connectivity index (χ1v) is 7.75. The fourth-order valence-electron chi connectivity index (χ4n) is 2.20. The molecule has 124 valence electrons. The van der Waals surface area contributed by atoms with Crippen molar-refractivity contribution in [3.8, 4) is 17.1 Å². The van der Waals surface area contributed by atoms with E-state index in [9.17, 15) is 4.79 Å². The van der Waals surface area contributed by atoms with Crippen molar-refractivity contribution >= 4 is 11.7 Å². The third-order valence-corrected chi connectivity index (χ3v) is 3.76. The number of nitrogens with zero attached hydrogens (tertiary/aromatic N) is 3. The summed E-state index contributed by atoms with van der Waals surface area (Å²) in [7, 11) is 0. The molecule has 2 aromatic heterocycles. The highest BCUT2D eigenvalue weighted by Gasteiger charge is 2.19. The molecule has 1 atom stereocenters. The summed E-state index contributed by atoms with van der Waals surface area (Å²) >= 11 is 0. The second-order valence-corrected chi connectivity index (χ2v) is 5.51. The highest BCUT2D eigenvalue weighted by molar-refractivity contribution is 5.92. The number of carbonyl (C=O) groups excluding carboxylic acids is 1. The maximum absolute atomic E-state index is 12.1. The molecular formula is C17H19N5O2. The molecule has 0 radical (unpaired) electrons. The molecule has 24 heavy (non-hydrogen) atoms. The highest BCUT2D eigenvalue weighted by atomic mass is 16.3. The molecule has 3 N–H and O–H groups in total. The Morgan fingerprint density at radius 2 is 2.12 bits per heavy atom. The maximum atomic E-state index is 12.1. The van der Waals surface area contributed by atoms with Gasteiger partial charge in [-0.3, -0.25) is 4.79 Å². The molecule has 0 saturated heterocycles. The Hall–Kier alpha value is -3.09. The smallest absolute Gasteiger partial charge is 0.273 e. The number of oxazole rings is 1. The number of aromatic nitrogens is 3. The van der Waals surface area contributed by atoms with E-state index in [1.807, 2.05) is 44.2 Å². The summed E-state index contributed by atoms with van der Waals surface area (Å²) in [6.07, 6.45) is 3.74. The lowest BCUT2D eigenvalue weighted by atomic mass is 10.2. The highest BCUT2D eigenvalue weighted by Crippen LogP contribution is 2.27. The Morgan fingerprint density at radius 1 is 1.38 bits per heavy atom. The van der Waals surface area contributed by atoms with Gasteiger partial charge in [-0.2, -0.15) is 5.10 Å². The Bertz CT molecular complexity index is 838. The van der Waals surface area contributed by atoms with E-state index in [0.717, 1.165) is 12.1 Å². The van der Waals surface area contributed by atoms with Crippen LogP contribution >= 0.6 is 0 Å². The molecule has 2 heterocycles. The maximum Gasteiger partial charge on any atom is 0.273 e. The van der Waals surface area contributed by atoms with Crippen LogP contribution in [0.3, 0.4) is 0 Å². The SMILES string of the molecule is CCC(C)NC(=O)c1coc(-c2cnn(-c3ccccc3)c2N)n1. The molecule has 3 aromatic rings. The minimum atomic E-state index is -0.270. The van der Waals surface area contributed by atoms with Crippen molar-refractivity contribution in [2.24, 2.45) is 0 Å². The van der Waals surface area contributed by atoms with E-state index in [-0.39, 0.29) is 23.5 Å². The number of amides is 1.